The van der Waals surface area contributed by atoms with Gasteiger partial charge >= 0.3 is 0 Å². The molecule has 2 fully saturated rings. The van der Waals surface area contributed by atoms with Crippen molar-refractivity contribution in [1.82, 2.24) is 10.2 Å². The lowest BCUT2D eigenvalue weighted by Gasteiger charge is -2.48. The molecule has 0 spiro atoms. The lowest BCUT2D eigenvalue weighted by atomic mass is 9.80. The number of amides is 2. The Balaban J connectivity index is 2.29. The maximum absolute atomic E-state index is 12.8. The van der Waals surface area contributed by atoms with E-state index in [1.165, 1.54) is 6.42 Å². The second-order valence-corrected chi connectivity index (χ2v) is 6.97. The Morgan fingerprint density at radius 3 is 2.48 bits per heavy atom. The topological polar surface area (TPSA) is 58.6 Å². The molecular formula is C16H28N2O3. The van der Waals surface area contributed by atoms with E-state index in [0.717, 1.165) is 25.7 Å². The Morgan fingerprint density at radius 1 is 1.29 bits per heavy atom. The Hall–Kier alpha value is -1.10. The normalized spacial score (nSPS) is 28.4. The fraction of sp³-hybridized carbons (Fsp3) is 0.875. The molecule has 2 rings (SSSR count). The van der Waals surface area contributed by atoms with Crippen LogP contribution in [0.15, 0.2) is 0 Å². The molecule has 1 saturated carbocycles. The molecule has 120 valence electrons. The van der Waals surface area contributed by atoms with Crippen molar-refractivity contribution in [3.8, 4) is 0 Å². The number of piperazine rings is 1. The van der Waals surface area contributed by atoms with Crippen LogP contribution in [0.1, 0.15) is 52.9 Å². The summed E-state index contributed by atoms with van der Waals surface area (Å²) in [7, 11) is 1.63. The van der Waals surface area contributed by atoms with Crippen molar-refractivity contribution in [3.05, 3.63) is 0 Å². The molecule has 0 bridgehead atoms. The quantitative estimate of drug-likeness (QED) is 0.859. The van der Waals surface area contributed by atoms with E-state index < -0.39 is 5.54 Å². The molecule has 5 heteroatoms. The number of rotatable bonds is 4. The summed E-state index contributed by atoms with van der Waals surface area (Å²) < 4.78 is 5.22. The number of methoxy groups -OCH3 is 1. The van der Waals surface area contributed by atoms with Crippen LogP contribution in [0.25, 0.3) is 0 Å². The molecule has 2 aliphatic rings. The van der Waals surface area contributed by atoms with Crippen molar-refractivity contribution in [1.29, 1.82) is 0 Å². The van der Waals surface area contributed by atoms with Gasteiger partial charge < -0.3 is 15.0 Å². The molecule has 1 aliphatic carbocycles. The van der Waals surface area contributed by atoms with Crippen LogP contribution in [0, 0.1) is 5.92 Å². The van der Waals surface area contributed by atoms with Gasteiger partial charge in [-0.3, -0.25) is 9.59 Å². The fourth-order valence-electron chi connectivity index (χ4n) is 3.70. The number of hydrogen-bond donors (Lipinski definition) is 1. The van der Waals surface area contributed by atoms with Gasteiger partial charge in [0.15, 0.2) is 0 Å². The third kappa shape index (κ3) is 3.23. The van der Waals surface area contributed by atoms with Gasteiger partial charge in [-0.1, -0.05) is 19.3 Å². The van der Waals surface area contributed by atoms with Gasteiger partial charge in [0.25, 0.3) is 0 Å². The molecule has 1 saturated heterocycles. The van der Waals surface area contributed by atoms with Gasteiger partial charge in [0.2, 0.25) is 11.8 Å². The largest absolute Gasteiger partial charge is 0.383 e. The summed E-state index contributed by atoms with van der Waals surface area (Å²) in [5, 5.41) is 2.91. The second kappa shape index (κ2) is 6.34. The van der Waals surface area contributed by atoms with Gasteiger partial charge in [-0.25, -0.2) is 0 Å². The van der Waals surface area contributed by atoms with Crippen LogP contribution in [0.5, 0.6) is 0 Å². The van der Waals surface area contributed by atoms with Crippen molar-refractivity contribution in [3.63, 3.8) is 0 Å². The van der Waals surface area contributed by atoms with Gasteiger partial charge in [0, 0.05) is 7.11 Å². The molecule has 1 heterocycles. The average molecular weight is 296 g/mol. The van der Waals surface area contributed by atoms with Gasteiger partial charge in [-0.05, 0) is 39.5 Å². The highest BCUT2D eigenvalue weighted by Crippen LogP contribution is 2.33. The van der Waals surface area contributed by atoms with Crippen molar-refractivity contribution in [2.75, 3.05) is 13.7 Å². The zero-order valence-electron chi connectivity index (χ0n) is 13.6. The first-order chi connectivity index (χ1) is 9.88. The van der Waals surface area contributed by atoms with Crippen molar-refractivity contribution in [2.45, 2.75) is 70.5 Å². The SMILES string of the molecule is COCC(C)N1C(=O)C(C)(C)NC(=O)C1C1CCCCC1. The molecule has 2 amide bonds. The van der Waals surface area contributed by atoms with Crippen LogP contribution >= 0.6 is 0 Å². The lowest BCUT2D eigenvalue weighted by molar-refractivity contribution is -0.160. The number of carbonyl (C=O) groups is 2. The first-order valence-electron chi connectivity index (χ1n) is 8.02. The van der Waals surface area contributed by atoms with Gasteiger partial charge in [-0.15, -0.1) is 0 Å². The minimum atomic E-state index is -0.829. The summed E-state index contributed by atoms with van der Waals surface area (Å²) in [6.45, 7) is 5.97. The summed E-state index contributed by atoms with van der Waals surface area (Å²) in [5.41, 5.74) is -0.829. The van der Waals surface area contributed by atoms with Crippen molar-refractivity contribution < 1.29 is 14.3 Å². The van der Waals surface area contributed by atoms with Crippen LogP contribution < -0.4 is 5.32 Å². The molecule has 0 aromatic heterocycles. The molecule has 0 aromatic carbocycles. The minimum absolute atomic E-state index is 0.00206. The van der Waals surface area contributed by atoms with E-state index >= 15 is 0 Å². The minimum Gasteiger partial charge on any atom is -0.383 e. The van der Waals surface area contributed by atoms with E-state index in [1.54, 1.807) is 25.9 Å². The van der Waals surface area contributed by atoms with Crippen molar-refractivity contribution >= 4 is 11.8 Å². The van der Waals surface area contributed by atoms with E-state index in [1.807, 2.05) is 6.92 Å². The first kappa shape index (κ1) is 16.3. The Bertz CT molecular complexity index is 402. The summed E-state index contributed by atoms with van der Waals surface area (Å²) >= 11 is 0. The Labute approximate surface area is 127 Å². The highest BCUT2D eigenvalue weighted by Gasteiger charge is 2.49. The van der Waals surface area contributed by atoms with E-state index in [9.17, 15) is 9.59 Å². The highest BCUT2D eigenvalue weighted by molar-refractivity contribution is 5.99. The monoisotopic (exact) mass is 296 g/mol. The fourth-order valence-corrected chi connectivity index (χ4v) is 3.70. The van der Waals surface area contributed by atoms with Crippen molar-refractivity contribution in [2.24, 2.45) is 5.92 Å². The van der Waals surface area contributed by atoms with Crippen LogP contribution in [-0.4, -0.2) is 48.1 Å². The number of nitrogens with zero attached hydrogens (tertiary/aromatic N) is 1. The summed E-state index contributed by atoms with van der Waals surface area (Å²) in [6.07, 6.45) is 5.60. The zero-order chi connectivity index (χ0) is 15.6. The number of hydrogen-bond acceptors (Lipinski definition) is 3. The van der Waals surface area contributed by atoms with Gasteiger partial charge in [-0.2, -0.15) is 0 Å². The molecule has 5 nitrogen and oxygen atoms in total. The predicted molar refractivity (Wildman–Crippen MR) is 80.8 cm³/mol. The molecular weight excluding hydrogens is 268 g/mol. The first-order valence-corrected chi connectivity index (χ1v) is 8.02. The third-order valence-electron chi connectivity index (χ3n) is 4.75. The molecule has 2 unspecified atom stereocenters. The summed E-state index contributed by atoms with van der Waals surface area (Å²) in [5.74, 6) is 0.273. The van der Waals surface area contributed by atoms with E-state index in [2.05, 4.69) is 5.32 Å². The lowest BCUT2D eigenvalue weighted by Crippen LogP contribution is -2.71. The average Bonchev–Trinajstić information content (AvgIpc) is 2.43. The van der Waals surface area contributed by atoms with Gasteiger partial charge in [0.05, 0.1) is 12.6 Å². The smallest absolute Gasteiger partial charge is 0.248 e. The second-order valence-electron chi connectivity index (χ2n) is 6.97. The summed E-state index contributed by atoms with van der Waals surface area (Å²) in [4.78, 5) is 27.2. The Morgan fingerprint density at radius 2 is 1.90 bits per heavy atom. The van der Waals surface area contributed by atoms with E-state index in [4.69, 9.17) is 4.74 Å². The molecule has 1 N–H and O–H groups in total. The molecule has 21 heavy (non-hydrogen) atoms. The summed E-state index contributed by atoms with van der Waals surface area (Å²) in [6, 6.07) is -0.421. The molecule has 0 radical (unpaired) electrons. The predicted octanol–water partition coefficient (Wildman–Crippen LogP) is 1.71. The highest BCUT2D eigenvalue weighted by atomic mass is 16.5. The van der Waals surface area contributed by atoms with Gasteiger partial charge in [0.1, 0.15) is 11.6 Å². The van der Waals surface area contributed by atoms with E-state index in [-0.39, 0.29) is 29.8 Å². The van der Waals surface area contributed by atoms with E-state index in [0.29, 0.717) is 6.61 Å². The van der Waals surface area contributed by atoms with Crippen LogP contribution in [0.2, 0.25) is 0 Å². The van der Waals surface area contributed by atoms with Crippen LogP contribution in [0.3, 0.4) is 0 Å². The Kier molecular flexibility index (Phi) is 4.91. The number of nitrogens with one attached hydrogen (secondary N) is 1. The number of ether oxygens (including phenoxy) is 1. The molecule has 0 aromatic rings. The standard InChI is InChI=1S/C16H28N2O3/c1-11(10-21-4)18-13(12-8-6-5-7-9-12)14(19)17-16(2,3)15(18)20/h11-13H,5-10H2,1-4H3,(H,17,19). The molecule has 1 aliphatic heterocycles. The zero-order valence-corrected chi connectivity index (χ0v) is 13.6. The third-order valence-corrected chi connectivity index (χ3v) is 4.75. The van der Waals surface area contributed by atoms with Crippen LogP contribution in [-0.2, 0) is 14.3 Å². The maximum Gasteiger partial charge on any atom is 0.248 e. The van der Waals surface area contributed by atoms with Crippen LogP contribution in [0.4, 0.5) is 0 Å². The number of carbonyl (C=O) groups excluding carboxylic acids is 2. The maximum atomic E-state index is 12.8. The molecule has 2 atom stereocenters.